The van der Waals surface area contributed by atoms with Gasteiger partial charge in [-0.05, 0) is 55.8 Å². The largest absolute Gasteiger partial charge is 0.308 e. The van der Waals surface area contributed by atoms with Crippen LogP contribution in [-0.2, 0) is 9.59 Å². The van der Waals surface area contributed by atoms with Gasteiger partial charge in [-0.25, -0.2) is 9.40 Å². The Morgan fingerprint density at radius 1 is 1.19 bits per heavy atom. The number of amides is 2. The molecule has 1 aliphatic heterocycles. The summed E-state index contributed by atoms with van der Waals surface area (Å²) in [5.41, 5.74) is 2.56. The van der Waals surface area contributed by atoms with Gasteiger partial charge in [0.15, 0.2) is 0 Å². The summed E-state index contributed by atoms with van der Waals surface area (Å²) in [4.78, 5) is 26.7. The molecule has 0 atom stereocenters. The van der Waals surface area contributed by atoms with Crippen LogP contribution in [0.5, 0.6) is 0 Å². The van der Waals surface area contributed by atoms with Gasteiger partial charge in [0, 0.05) is 25.1 Å². The van der Waals surface area contributed by atoms with Crippen LogP contribution in [0.4, 0.5) is 15.8 Å². The van der Waals surface area contributed by atoms with Crippen molar-refractivity contribution in [3.05, 3.63) is 59.9 Å². The zero-order valence-electron chi connectivity index (χ0n) is 14.8. The molecule has 0 spiro atoms. The molecule has 0 N–H and O–H groups in total. The van der Waals surface area contributed by atoms with Crippen molar-refractivity contribution >= 4 is 28.9 Å². The van der Waals surface area contributed by atoms with Crippen LogP contribution >= 0.6 is 0 Å². The molecule has 3 rings (SSSR count). The summed E-state index contributed by atoms with van der Waals surface area (Å²) >= 11 is 0. The van der Waals surface area contributed by atoms with E-state index < -0.39 is 0 Å². The third-order valence-corrected chi connectivity index (χ3v) is 4.23. The van der Waals surface area contributed by atoms with Crippen molar-refractivity contribution in [3.63, 3.8) is 0 Å². The second-order valence-electron chi connectivity index (χ2n) is 6.12. The Morgan fingerprint density at radius 2 is 1.92 bits per heavy atom. The zero-order chi connectivity index (χ0) is 18.7. The first-order valence-electron chi connectivity index (χ1n) is 8.54. The smallest absolute Gasteiger partial charge is 0.274 e. The van der Waals surface area contributed by atoms with E-state index in [1.54, 1.807) is 18.2 Å². The molecule has 26 heavy (non-hydrogen) atoms. The summed E-state index contributed by atoms with van der Waals surface area (Å²) in [6, 6.07) is 13.2. The fourth-order valence-corrected chi connectivity index (χ4v) is 2.89. The molecular formula is C20H20FN3O2. The molecule has 134 valence electrons. The highest BCUT2D eigenvalue weighted by Crippen LogP contribution is 2.23. The number of halogens is 1. The molecule has 2 amide bonds. The van der Waals surface area contributed by atoms with Crippen LogP contribution in [0.15, 0.2) is 53.6 Å². The van der Waals surface area contributed by atoms with Gasteiger partial charge in [0.2, 0.25) is 5.91 Å². The van der Waals surface area contributed by atoms with E-state index >= 15 is 0 Å². The molecule has 0 unspecified atom stereocenters. The molecule has 1 heterocycles. The number of aryl methyl sites for hydroxylation is 1. The lowest BCUT2D eigenvalue weighted by atomic mass is 10.1. The topological polar surface area (TPSA) is 53.0 Å². The number of hydrogen-bond acceptors (Lipinski definition) is 3. The number of benzene rings is 2. The molecule has 5 nitrogen and oxygen atoms in total. The summed E-state index contributed by atoms with van der Waals surface area (Å²) in [7, 11) is 0. The Morgan fingerprint density at radius 3 is 2.58 bits per heavy atom. The highest BCUT2D eigenvalue weighted by atomic mass is 19.1. The van der Waals surface area contributed by atoms with Gasteiger partial charge in [-0.3, -0.25) is 9.59 Å². The number of anilines is 2. The highest BCUT2D eigenvalue weighted by molar-refractivity contribution is 6.44. The van der Waals surface area contributed by atoms with E-state index in [0.717, 1.165) is 5.56 Å². The number of rotatable bonds is 4. The second-order valence-corrected chi connectivity index (χ2v) is 6.12. The van der Waals surface area contributed by atoms with Gasteiger partial charge in [0.1, 0.15) is 11.5 Å². The fourth-order valence-electron chi connectivity index (χ4n) is 2.89. The number of carbonyl (C=O) groups is 2. The molecule has 0 aliphatic carbocycles. The minimum atomic E-state index is -0.358. The Kier molecular flexibility index (Phi) is 5.11. The number of nitrogens with zero attached hydrogens (tertiary/aromatic N) is 3. The molecule has 6 heteroatoms. The number of hydrazone groups is 1. The number of hydrogen-bond donors (Lipinski definition) is 0. The Labute approximate surface area is 151 Å². The van der Waals surface area contributed by atoms with Gasteiger partial charge in [0.05, 0.1) is 5.69 Å². The maximum absolute atomic E-state index is 13.2. The summed E-state index contributed by atoms with van der Waals surface area (Å²) in [6.07, 6.45) is 0.511. The van der Waals surface area contributed by atoms with Crippen LogP contribution in [0.1, 0.15) is 25.3 Å². The molecule has 0 saturated heterocycles. The van der Waals surface area contributed by atoms with Crippen molar-refractivity contribution < 1.29 is 14.0 Å². The molecule has 0 aromatic heterocycles. The molecule has 0 bridgehead atoms. The van der Waals surface area contributed by atoms with Crippen molar-refractivity contribution in [1.29, 1.82) is 0 Å². The molecule has 0 radical (unpaired) electrons. The first kappa shape index (κ1) is 17.8. The van der Waals surface area contributed by atoms with E-state index in [1.165, 1.54) is 22.0 Å². The van der Waals surface area contributed by atoms with E-state index in [0.29, 0.717) is 23.6 Å². The van der Waals surface area contributed by atoms with Crippen molar-refractivity contribution in [2.45, 2.75) is 26.7 Å². The predicted octanol–water partition coefficient (Wildman–Crippen LogP) is 3.67. The molecule has 2 aromatic carbocycles. The molecule has 0 fully saturated rings. The van der Waals surface area contributed by atoms with Crippen LogP contribution in [0, 0.1) is 12.7 Å². The van der Waals surface area contributed by atoms with Crippen LogP contribution < -0.4 is 9.91 Å². The van der Waals surface area contributed by atoms with Crippen molar-refractivity contribution in [1.82, 2.24) is 0 Å². The van der Waals surface area contributed by atoms with E-state index in [-0.39, 0.29) is 30.5 Å². The Hall–Kier alpha value is -3.02. The molecule has 0 saturated carbocycles. The third kappa shape index (κ3) is 3.64. The van der Waals surface area contributed by atoms with Crippen LogP contribution in [0.25, 0.3) is 0 Å². The quantitative estimate of drug-likeness (QED) is 0.842. The van der Waals surface area contributed by atoms with Crippen LogP contribution in [-0.4, -0.2) is 24.1 Å². The minimum Gasteiger partial charge on any atom is -0.308 e. The third-order valence-electron chi connectivity index (χ3n) is 4.23. The standard InChI is InChI=1S/C20H20FN3O2/c1-3-23(16-9-7-15(21)8-10-16)20(26)18-11-12-19(25)24(22-18)17-6-4-5-14(2)13-17/h4-10,13H,3,11-12H2,1-2H3. The van der Waals surface area contributed by atoms with Crippen LogP contribution in [0.3, 0.4) is 0 Å². The second kappa shape index (κ2) is 7.47. The van der Waals surface area contributed by atoms with E-state index in [4.69, 9.17) is 0 Å². The SMILES string of the molecule is CCN(C(=O)C1=NN(c2cccc(C)c2)C(=O)CC1)c1ccc(F)cc1. The first-order valence-corrected chi connectivity index (χ1v) is 8.54. The lowest BCUT2D eigenvalue weighted by molar-refractivity contribution is -0.118. The monoisotopic (exact) mass is 353 g/mol. The molecular weight excluding hydrogens is 333 g/mol. The Bertz CT molecular complexity index is 862. The lowest BCUT2D eigenvalue weighted by Gasteiger charge is -2.27. The van der Waals surface area contributed by atoms with Gasteiger partial charge in [-0.2, -0.15) is 5.10 Å². The van der Waals surface area contributed by atoms with Gasteiger partial charge in [-0.1, -0.05) is 12.1 Å². The number of carbonyl (C=O) groups excluding carboxylic acids is 2. The van der Waals surface area contributed by atoms with E-state index in [9.17, 15) is 14.0 Å². The Balaban J connectivity index is 1.91. The predicted molar refractivity (Wildman–Crippen MR) is 99.8 cm³/mol. The van der Waals surface area contributed by atoms with Crippen molar-refractivity contribution in [3.8, 4) is 0 Å². The van der Waals surface area contributed by atoms with Gasteiger partial charge < -0.3 is 4.90 Å². The minimum absolute atomic E-state index is 0.142. The average Bonchev–Trinajstić information content (AvgIpc) is 2.64. The zero-order valence-corrected chi connectivity index (χ0v) is 14.8. The van der Waals surface area contributed by atoms with Gasteiger partial charge >= 0.3 is 0 Å². The summed E-state index contributed by atoms with van der Waals surface area (Å²) in [5, 5.41) is 5.62. The lowest BCUT2D eigenvalue weighted by Crippen LogP contribution is -2.41. The van der Waals surface area contributed by atoms with Gasteiger partial charge in [-0.15, -0.1) is 0 Å². The summed E-state index contributed by atoms with van der Waals surface area (Å²) in [5.74, 6) is -0.773. The summed E-state index contributed by atoms with van der Waals surface area (Å²) < 4.78 is 13.2. The fraction of sp³-hybridized carbons (Fsp3) is 0.250. The average molecular weight is 353 g/mol. The summed E-state index contributed by atoms with van der Waals surface area (Å²) in [6.45, 7) is 4.19. The van der Waals surface area contributed by atoms with E-state index in [2.05, 4.69) is 5.10 Å². The van der Waals surface area contributed by atoms with Crippen molar-refractivity contribution in [2.24, 2.45) is 5.10 Å². The van der Waals surface area contributed by atoms with Crippen LogP contribution in [0.2, 0.25) is 0 Å². The maximum Gasteiger partial charge on any atom is 0.274 e. The maximum atomic E-state index is 13.2. The molecule has 1 aliphatic rings. The first-order chi connectivity index (χ1) is 12.5. The molecule has 2 aromatic rings. The normalized spacial score (nSPS) is 14.2. The van der Waals surface area contributed by atoms with E-state index in [1.807, 2.05) is 32.0 Å². The highest BCUT2D eigenvalue weighted by Gasteiger charge is 2.28. The van der Waals surface area contributed by atoms with Gasteiger partial charge in [0.25, 0.3) is 5.91 Å². The van der Waals surface area contributed by atoms with Crippen molar-refractivity contribution in [2.75, 3.05) is 16.5 Å².